The quantitative estimate of drug-likeness (QED) is 0.678. The summed E-state index contributed by atoms with van der Waals surface area (Å²) in [5.74, 6) is 0.702. The van der Waals surface area contributed by atoms with Crippen molar-refractivity contribution in [2.45, 2.75) is 25.1 Å². The zero-order valence-corrected chi connectivity index (χ0v) is 14.3. The summed E-state index contributed by atoms with van der Waals surface area (Å²) < 4.78 is 38.3. The van der Waals surface area contributed by atoms with Gasteiger partial charge in [0.1, 0.15) is 0 Å². The van der Waals surface area contributed by atoms with E-state index in [0.717, 1.165) is 37.1 Å². The molecule has 134 valence electrons. The second-order valence-electron chi connectivity index (χ2n) is 6.54. The first-order chi connectivity index (χ1) is 11.2. The Morgan fingerprint density at radius 2 is 1.92 bits per heavy atom. The minimum absolute atomic E-state index is 0.0553. The normalized spacial score (nSPS) is 23.3. The molecule has 0 spiro atoms. The first kappa shape index (κ1) is 18.6. The third kappa shape index (κ3) is 4.41. The smallest absolute Gasteiger partial charge is 0.370 e. The molecule has 1 aliphatic heterocycles. The third-order valence-electron chi connectivity index (χ3n) is 4.53. The second-order valence-corrected chi connectivity index (χ2v) is 6.54. The van der Waals surface area contributed by atoms with Crippen molar-refractivity contribution in [1.29, 1.82) is 0 Å². The molecule has 0 aliphatic carbocycles. The average Bonchev–Trinajstić information content (AvgIpc) is 2.51. The molecular formula is C17H25F3N4. The van der Waals surface area contributed by atoms with Crippen LogP contribution in [0.5, 0.6) is 0 Å². The SMILES string of the molecule is CN(C)C(N)=NCC1CCCN(C)C1c1ccc(C(F)(F)F)cc1. The molecule has 1 heterocycles. The lowest BCUT2D eigenvalue weighted by molar-refractivity contribution is -0.137. The van der Waals surface area contributed by atoms with Crippen molar-refractivity contribution >= 4 is 5.96 Å². The van der Waals surface area contributed by atoms with E-state index in [9.17, 15) is 13.2 Å². The molecule has 2 atom stereocenters. The molecular weight excluding hydrogens is 317 g/mol. The van der Waals surface area contributed by atoms with E-state index in [2.05, 4.69) is 9.89 Å². The molecule has 1 aromatic rings. The van der Waals surface area contributed by atoms with Gasteiger partial charge < -0.3 is 10.6 Å². The van der Waals surface area contributed by atoms with Crippen molar-refractivity contribution in [2.24, 2.45) is 16.6 Å². The van der Waals surface area contributed by atoms with Gasteiger partial charge in [-0.3, -0.25) is 9.89 Å². The summed E-state index contributed by atoms with van der Waals surface area (Å²) >= 11 is 0. The lowest BCUT2D eigenvalue weighted by atomic mass is 9.84. The Kier molecular flexibility index (Phi) is 5.74. The predicted molar refractivity (Wildman–Crippen MR) is 89.7 cm³/mol. The standard InChI is InChI=1S/C17H25F3N4/c1-23(2)16(21)22-11-13-5-4-10-24(3)15(13)12-6-8-14(9-7-12)17(18,19)20/h6-9,13,15H,4-5,10-11H2,1-3H3,(H2,21,22). The van der Waals surface area contributed by atoms with Crippen molar-refractivity contribution in [2.75, 3.05) is 34.2 Å². The minimum atomic E-state index is -4.30. The van der Waals surface area contributed by atoms with Crippen LogP contribution >= 0.6 is 0 Å². The molecule has 0 saturated carbocycles. The highest BCUT2D eigenvalue weighted by atomic mass is 19.4. The Balaban J connectivity index is 2.21. The molecule has 1 fully saturated rings. The van der Waals surface area contributed by atoms with E-state index in [1.54, 1.807) is 17.0 Å². The Morgan fingerprint density at radius 3 is 2.46 bits per heavy atom. The van der Waals surface area contributed by atoms with Crippen LogP contribution in [0.2, 0.25) is 0 Å². The lowest BCUT2D eigenvalue weighted by Gasteiger charge is -2.39. The van der Waals surface area contributed by atoms with Crippen LogP contribution in [0.3, 0.4) is 0 Å². The zero-order chi connectivity index (χ0) is 17.9. The molecule has 2 rings (SSSR count). The number of aliphatic imine (C=N–C) groups is 1. The van der Waals surface area contributed by atoms with Crippen LogP contribution in [0.25, 0.3) is 0 Å². The van der Waals surface area contributed by atoms with Gasteiger partial charge in [0, 0.05) is 26.7 Å². The first-order valence-corrected chi connectivity index (χ1v) is 8.05. The summed E-state index contributed by atoms with van der Waals surface area (Å²) in [6.07, 6.45) is -2.27. The van der Waals surface area contributed by atoms with Gasteiger partial charge in [0.05, 0.1) is 5.56 Å². The molecule has 1 aromatic carbocycles. The van der Waals surface area contributed by atoms with Crippen LogP contribution in [-0.4, -0.2) is 50.0 Å². The van der Waals surface area contributed by atoms with E-state index in [1.807, 2.05) is 21.1 Å². The van der Waals surface area contributed by atoms with Crippen LogP contribution in [0.4, 0.5) is 13.2 Å². The van der Waals surface area contributed by atoms with Gasteiger partial charge in [0.25, 0.3) is 0 Å². The molecule has 0 radical (unpaired) electrons. The van der Waals surface area contributed by atoms with E-state index in [0.29, 0.717) is 12.5 Å². The van der Waals surface area contributed by atoms with Crippen molar-refractivity contribution in [1.82, 2.24) is 9.80 Å². The highest BCUT2D eigenvalue weighted by Gasteiger charge is 2.33. The zero-order valence-electron chi connectivity index (χ0n) is 14.3. The number of alkyl halides is 3. The summed E-state index contributed by atoms with van der Waals surface area (Å²) in [6.45, 7) is 1.50. The van der Waals surface area contributed by atoms with Crippen LogP contribution in [0.15, 0.2) is 29.3 Å². The van der Waals surface area contributed by atoms with Crippen LogP contribution in [0, 0.1) is 5.92 Å². The summed E-state index contributed by atoms with van der Waals surface area (Å²) in [7, 11) is 5.67. The van der Waals surface area contributed by atoms with Gasteiger partial charge in [0.2, 0.25) is 0 Å². The summed E-state index contributed by atoms with van der Waals surface area (Å²) in [5, 5.41) is 0. The maximum Gasteiger partial charge on any atom is 0.416 e. The van der Waals surface area contributed by atoms with Gasteiger partial charge in [-0.05, 0) is 50.0 Å². The summed E-state index contributed by atoms with van der Waals surface area (Å²) in [4.78, 5) is 8.37. The van der Waals surface area contributed by atoms with Gasteiger partial charge in [-0.2, -0.15) is 13.2 Å². The lowest BCUT2D eigenvalue weighted by Crippen LogP contribution is -2.38. The van der Waals surface area contributed by atoms with Crippen LogP contribution < -0.4 is 5.73 Å². The Morgan fingerprint density at radius 1 is 1.29 bits per heavy atom. The topological polar surface area (TPSA) is 44.9 Å². The van der Waals surface area contributed by atoms with Crippen molar-refractivity contribution < 1.29 is 13.2 Å². The van der Waals surface area contributed by atoms with Gasteiger partial charge in [-0.25, -0.2) is 0 Å². The highest BCUT2D eigenvalue weighted by Crippen LogP contribution is 2.37. The van der Waals surface area contributed by atoms with Gasteiger partial charge in [-0.15, -0.1) is 0 Å². The number of benzene rings is 1. The summed E-state index contributed by atoms with van der Waals surface area (Å²) in [6, 6.07) is 5.54. The van der Waals surface area contributed by atoms with Crippen molar-refractivity contribution in [3.8, 4) is 0 Å². The molecule has 24 heavy (non-hydrogen) atoms. The number of halogens is 3. The van der Waals surface area contributed by atoms with Crippen LogP contribution in [-0.2, 0) is 6.18 Å². The fourth-order valence-electron chi connectivity index (χ4n) is 3.20. The Hall–Kier alpha value is -1.76. The van der Waals surface area contributed by atoms with E-state index >= 15 is 0 Å². The number of guanidine groups is 1. The molecule has 0 aromatic heterocycles. The molecule has 4 nitrogen and oxygen atoms in total. The molecule has 7 heteroatoms. The van der Waals surface area contributed by atoms with E-state index in [1.165, 1.54) is 0 Å². The van der Waals surface area contributed by atoms with Crippen molar-refractivity contribution in [3.05, 3.63) is 35.4 Å². The molecule has 2 unspecified atom stereocenters. The maximum atomic E-state index is 12.8. The Labute approximate surface area is 141 Å². The largest absolute Gasteiger partial charge is 0.416 e. The number of hydrogen-bond acceptors (Lipinski definition) is 2. The fourth-order valence-corrected chi connectivity index (χ4v) is 3.20. The molecule has 2 N–H and O–H groups in total. The summed E-state index contributed by atoms with van der Waals surface area (Å²) in [5.41, 5.74) is 6.14. The maximum absolute atomic E-state index is 12.8. The average molecular weight is 342 g/mol. The number of piperidine rings is 1. The van der Waals surface area contributed by atoms with Crippen molar-refractivity contribution in [3.63, 3.8) is 0 Å². The fraction of sp³-hybridized carbons (Fsp3) is 0.588. The molecule has 0 bridgehead atoms. The van der Waals surface area contributed by atoms with E-state index in [4.69, 9.17) is 5.73 Å². The molecule has 1 saturated heterocycles. The van der Waals surface area contributed by atoms with Gasteiger partial charge in [-0.1, -0.05) is 12.1 Å². The third-order valence-corrected chi connectivity index (χ3v) is 4.53. The predicted octanol–water partition coefficient (Wildman–Crippen LogP) is 2.96. The number of rotatable bonds is 3. The molecule has 1 aliphatic rings. The van der Waals surface area contributed by atoms with Gasteiger partial charge >= 0.3 is 6.18 Å². The molecule has 0 amide bonds. The number of hydrogen-bond donors (Lipinski definition) is 1. The highest BCUT2D eigenvalue weighted by molar-refractivity contribution is 5.77. The number of likely N-dealkylation sites (tertiary alicyclic amines) is 1. The number of nitrogens with zero attached hydrogens (tertiary/aromatic N) is 3. The van der Waals surface area contributed by atoms with E-state index < -0.39 is 11.7 Å². The van der Waals surface area contributed by atoms with Gasteiger partial charge in [0.15, 0.2) is 5.96 Å². The number of nitrogens with two attached hydrogens (primary N) is 1. The first-order valence-electron chi connectivity index (χ1n) is 8.05. The monoisotopic (exact) mass is 342 g/mol. The second kappa shape index (κ2) is 7.42. The minimum Gasteiger partial charge on any atom is -0.370 e. The van der Waals surface area contributed by atoms with E-state index in [-0.39, 0.29) is 12.0 Å². The van der Waals surface area contributed by atoms with Crippen LogP contribution in [0.1, 0.15) is 30.0 Å². The Bertz CT molecular complexity index is 566.